The summed E-state index contributed by atoms with van der Waals surface area (Å²) in [5, 5.41) is 3.50. The van der Waals surface area contributed by atoms with Crippen LogP contribution in [0, 0.1) is 11.6 Å². The van der Waals surface area contributed by atoms with Gasteiger partial charge >= 0.3 is 0 Å². The Balaban J connectivity index is 2.11. The smallest absolute Gasteiger partial charge is 0.141 e. The van der Waals surface area contributed by atoms with Crippen molar-refractivity contribution in [2.45, 2.75) is 6.54 Å². The summed E-state index contributed by atoms with van der Waals surface area (Å²) in [5.41, 5.74) is 1.26. The molecule has 2 rings (SSSR count). The van der Waals surface area contributed by atoms with Crippen LogP contribution < -0.4 is 5.32 Å². The molecule has 0 unspecified atom stereocenters. The molecule has 0 saturated heterocycles. The number of halogens is 4. The summed E-state index contributed by atoms with van der Waals surface area (Å²) < 4.78 is 26.0. The Labute approximate surface area is 113 Å². The molecule has 18 heavy (non-hydrogen) atoms. The summed E-state index contributed by atoms with van der Waals surface area (Å²) in [5.74, 6) is -0.834. The fourth-order valence-electron chi connectivity index (χ4n) is 1.48. The molecule has 0 heterocycles. The quantitative estimate of drug-likeness (QED) is 0.848. The number of anilines is 1. The Kier molecular flexibility index (Phi) is 4.04. The highest BCUT2D eigenvalue weighted by Crippen LogP contribution is 2.22. The molecule has 0 aliphatic rings. The van der Waals surface area contributed by atoms with Crippen molar-refractivity contribution in [3.05, 3.63) is 63.6 Å². The van der Waals surface area contributed by atoms with Crippen molar-refractivity contribution < 1.29 is 8.78 Å². The van der Waals surface area contributed by atoms with Gasteiger partial charge in [-0.15, -0.1) is 0 Å². The van der Waals surface area contributed by atoms with Gasteiger partial charge in [-0.25, -0.2) is 8.78 Å². The molecule has 94 valence electrons. The van der Waals surface area contributed by atoms with Gasteiger partial charge < -0.3 is 5.32 Å². The van der Waals surface area contributed by atoms with Gasteiger partial charge in [0.2, 0.25) is 0 Å². The SMILES string of the molecule is Fc1ccc(Cl)c(CNc2ccc(F)c(Cl)c2)c1. The molecule has 2 aromatic carbocycles. The molecule has 0 aliphatic carbocycles. The molecule has 0 fully saturated rings. The summed E-state index contributed by atoms with van der Waals surface area (Å²) >= 11 is 11.6. The molecule has 0 saturated carbocycles. The minimum absolute atomic E-state index is 0.0327. The molecule has 0 bridgehead atoms. The highest BCUT2D eigenvalue weighted by atomic mass is 35.5. The van der Waals surface area contributed by atoms with Crippen molar-refractivity contribution in [2.75, 3.05) is 5.32 Å². The largest absolute Gasteiger partial charge is 0.381 e. The number of benzene rings is 2. The molecule has 0 amide bonds. The van der Waals surface area contributed by atoms with Gasteiger partial charge in [-0.05, 0) is 42.0 Å². The zero-order valence-electron chi connectivity index (χ0n) is 9.18. The van der Waals surface area contributed by atoms with Crippen LogP contribution in [0.4, 0.5) is 14.5 Å². The standard InChI is InChI=1S/C13H9Cl2F2N/c14-11-3-1-9(16)5-8(11)7-18-10-2-4-13(17)12(15)6-10/h1-6,18H,7H2. The molecule has 0 atom stereocenters. The Morgan fingerprint density at radius 3 is 2.44 bits per heavy atom. The topological polar surface area (TPSA) is 12.0 Å². The van der Waals surface area contributed by atoms with E-state index in [2.05, 4.69) is 5.32 Å². The molecular formula is C13H9Cl2F2N. The van der Waals surface area contributed by atoms with Gasteiger partial charge in [0, 0.05) is 17.3 Å². The molecule has 1 N–H and O–H groups in total. The van der Waals surface area contributed by atoms with Crippen molar-refractivity contribution >= 4 is 28.9 Å². The fraction of sp³-hybridized carbons (Fsp3) is 0.0769. The Hall–Kier alpha value is -1.32. The minimum Gasteiger partial charge on any atom is -0.381 e. The van der Waals surface area contributed by atoms with Gasteiger partial charge in [-0.3, -0.25) is 0 Å². The fourth-order valence-corrected chi connectivity index (χ4v) is 1.85. The van der Waals surface area contributed by atoms with E-state index in [0.717, 1.165) is 0 Å². The van der Waals surface area contributed by atoms with Crippen molar-refractivity contribution in [1.29, 1.82) is 0 Å². The van der Waals surface area contributed by atoms with Crippen LogP contribution >= 0.6 is 23.2 Å². The van der Waals surface area contributed by atoms with E-state index >= 15 is 0 Å². The van der Waals surface area contributed by atoms with Gasteiger partial charge in [-0.1, -0.05) is 23.2 Å². The van der Waals surface area contributed by atoms with Gasteiger partial charge in [0.05, 0.1) is 5.02 Å². The highest BCUT2D eigenvalue weighted by molar-refractivity contribution is 6.31. The third kappa shape index (κ3) is 3.12. The maximum absolute atomic E-state index is 13.0. The maximum Gasteiger partial charge on any atom is 0.141 e. The van der Waals surface area contributed by atoms with Crippen LogP contribution in [0.1, 0.15) is 5.56 Å². The molecule has 0 aromatic heterocycles. The molecule has 1 nitrogen and oxygen atoms in total. The van der Waals surface area contributed by atoms with E-state index in [9.17, 15) is 8.78 Å². The predicted octanol–water partition coefficient (Wildman–Crippen LogP) is 4.88. The normalized spacial score (nSPS) is 10.4. The van der Waals surface area contributed by atoms with E-state index < -0.39 is 5.82 Å². The summed E-state index contributed by atoms with van der Waals surface area (Å²) in [6.07, 6.45) is 0. The maximum atomic E-state index is 13.0. The molecular weight excluding hydrogens is 279 g/mol. The van der Waals surface area contributed by atoms with Crippen LogP contribution in [0.25, 0.3) is 0 Å². The molecule has 0 radical (unpaired) electrons. The average molecular weight is 288 g/mol. The monoisotopic (exact) mass is 287 g/mol. The van der Waals surface area contributed by atoms with E-state index in [1.165, 1.54) is 30.3 Å². The van der Waals surface area contributed by atoms with Gasteiger partial charge in [0.25, 0.3) is 0 Å². The first-order valence-corrected chi connectivity index (χ1v) is 5.95. The third-order valence-electron chi connectivity index (χ3n) is 2.41. The van der Waals surface area contributed by atoms with E-state index in [0.29, 0.717) is 22.8 Å². The van der Waals surface area contributed by atoms with E-state index in [4.69, 9.17) is 23.2 Å². The zero-order valence-corrected chi connectivity index (χ0v) is 10.7. The van der Waals surface area contributed by atoms with Crippen LogP contribution in [0.3, 0.4) is 0 Å². The lowest BCUT2D eigenvalue weighted by atomic mass is 10.2. The van der Waals surface area contributed by atoms with Gasteiger partial charge in [0.1, 0.15) is 11.6 Å². The summed E-state index contributed by atoms with van der Waals surface area (Å²) in [4.78, 5) is 0. The molecule has 0 spiro atoms. The first-order chi connectivity index (χ1) is 8.56. The second-order valence-corrected chi connectivity index (χ2v) is 4.53. The third-order valence-corrected chi connectivity index (χ3v) is 3.07. The van der Waals surface area contributed by atoms with E-state index in [-0.39, 0.29) is 10.8 Å². The summed E-state index contributed by atoms with van der Waals surface area (Å²) in [6.45, 7) is 0.332. The molecule has 2 aromatic rings. The Morgan fingerprint density at radius 1 is 0.944 bits per heavy atom. The van der Waals surface area contributed by atoms with E-state index in [1.807, 2.05) is 0 Å². The summed E-state index contributed by atoms with van der Waals surface area (Å²) in [7, 11) is 0. The molecule has 5 heteroatoms. The lowest BCUT2D eigenvalue weighted by Gasteiger charge is -2.08. The second-order valence-electron chi connectivity index (χ2n) is 3.72. The zero-order chi connectivity index (χ0) is 13.1. The van der Waals surface area contributed by atoms with Crippen molar-refractivity contribution in [3.63, 3.8) is 0 Å². The number of nitrogens with one attached hydrogen (secondary N) is 1. The number of hydrogen-bond donors (Lipinski definition) is 1. The van der Waals surface area contributed by atoms with Crippen molar-refractivity contribution in [3.8, 4) is 0 Å². The number of hydrogen-bond acceptors (Lipinski definition) is 1. The first-order valence-electron chi connectivity index (χ1n) is 5.19. The van der Waals surface area contributed by atoms with Crippen LogP contribution in [0.15, 0.2) is 36.4 Å². The van der Waals surface area contributed by atoms with Crippen molar-refractivity contribution in [2.24, 2.45) is 0 Å². The first kappa shape index (κ1) is 13.1. The minimum atomic E-state index is -0.481. The second kappa shape index (κ2) is 5.55. The Morgan fingerprint density at radius 2 is 1.72 bits per heavy atom. The summed E-state index contributed by atoms with van der Waals surface area (Å²) in [6, 6.07) is 8.41. The number of rotatable bonds is 3. The highest BCUT2D eigenvalue weighted by Gasteiger charge is 2.04. The van der Waals surface area contributed by atoms with Crippen molar-refractivity contribution in [1.82, 2.24) is 0 Å². The predicted molar refractivity (Wildman–Crippen MR) is 70.1 cm³/mol. The Bertz CT molecular complexity index is 573. The van der Waals surface area contributed by atoms with E-state index in [1.54, 1.807) is 6.07 Å². The molecule has 0 aliphatic heterocycles. The van der Waals surface area contributed by atoms with Crippen LogP contribution in [-0.2, 0) is 6.54 Å². The van der Waals surface area contributed by atoms with Crippen LogP contribution in [0.2, 0.25) is 10.0 Å². The van der Waals surface area contributed by atoms with Crippen LogP contribution in [0.5, 0.6) is 0 Å². The van der Waals surface area contributed by atoms with Gasteiger partial charge in [-0.2, -0.15) is 0 Å². The lowest BCUT2D eigenvalue weighted by molar-refractivity contribution is 0.626. The van der Waals surface area contributed by atoms with Gasteiger partial charge in [0.15, 0.2) is 0 Å². The lowest BCUT2D eigenvalue weighted by Crippen LogP contribution is -2.00. The van der Waals surface area contributed by atoms with Crippen LogP contribution in [-0.4, -0.2) is 0 Å². The average Bonchev–Trinajstić information content (AvgIpc) is 2.34.